The summed E-state index contributed by atoms with van der Waals surface area (Å²) in [6.07, 6.45) is 67.7. The lowest BCUT2D eigenvalue weighted by Crippen LogP contribution is -2.45. The summed E-state index contributed by atoms with van der Waals surface area (Å²) in [6.45, 7) is 4.88. The van der Waals surface area contributed by atoms with E-state index in [0.717, 1.165) is 70.6 Å². The maximum Gasteiger partial charge on any atom is 0.305 e. The minimum absolute atomic E-state index is 0.00893. The lowest BCUT2D eigenvalue weighted by atomic mass is 10.0. The summed E-state index contributed by atoms with van der Waals surface area (Å²) < 4.78 is 5.48. The Bertz CT molecular complexity index is 1030. The van der Waals surface area contributed by atoms with Gasteiger partial charge in [0, 0.05) is 12.8 Å². The molecule has 0 heterocycles. The van der Waals surface area contributed by atoms with Crippen LogP contribution in [0, 0.1) is 0 Å². The average Bonchev–Trinajstić information content (AvgIpc) is 3.32. The van der Waals surface area contributed by atoms with E-state index in [1.165, 1.54) is 225 Å². The first-order chi connectivity index (χ1) is 32.5. The van der Waals surface area contributed by atoms with E-state index < -0.39 is 12.1 Å². The molecular formula is C60H115NO5. The van der Waals surface area contributed by atoms with Gasteiger partial charge in [-0.1, -0.05) is 276 Å². The number of hydrogen-bond acceptors (Lipinski definition) is 5. The van der Waals surface area contributed by atoms with Crippen molar-refractivity contribution in [1.82, 2.24) is 5.32 Å². The molecule has 0 bridgehead atoms. The minimum atomic E-state index is -0.861. The predicted octanol–water partition coefficient (Wildman–Crippen LogP) is 18.2. The van der Waals surface area contributed by atoms with Crippen molar-refractivity contribution in [2.24, 2.45) is 0 Å². The van der Waals surface area contributed by atoms with E-state index in [9.17, 15) is 19.8 Å². The van der Waals surface area contributed by atoms with Crippen molar-refractivity contribution in [2.45, 2.75) is 334 Å². The summed E-state index contributed by atoms with van der Waals surface area (Å²) in [4.78, 5) is 24.5. The second kappa shape index (κ2) is 55.9. The van der Waals surface area contributed by atoms with Crippen LogP contribution in [-0.4, -0.2) is 47.4 Å². The summed E-state index contributed by atoms with van der Waals surface area (Å²) in [5.74, 6) is -0.105. The Morgan fingerprint density at radius 2 is 0.712 bits per heavy atom. The molecule has 0 saturated carbocycles. The number of ether oxygens (including phenoxy) is 1. The molecule has 0 aliphatic heterocycles. The zero-order chi connectivity index (χ0) is 47.9. The number of esters is 1. The summed E-state index contributed by atoms with van der Waals surface area (Å²) in [7, 11) is 0. The van der Waals surface area contributed by atoms with Crippen molar-refractivity contribution >= 4 is 11.9 Å². The van der Waals surface area contributed by atoms with Gasteiger partial charge in [-0.15, -0.1) is 0 Å². The van der Waals surface area contributed by atoms with E-state index in [0.29, 0.717) is 19.4 Å². The van der Waals surface area contributed by atoms with Crippen LogP contribution in [0.3, 0.4) is 0 Å². The summed E-state index contributed by atoms with van der Waals surface area (Å²) in [5, 5.41) is 23.1. The normalized spacial score (nSPS) is 12.7. The Morgan fingerprint density at radius 3 is 1.09 bits per heavy atom. The smallest absolute Gasteiger partial charge is 0.305 e. The van der Waals surface area contributed by atoms with Gasteiger partial charge in [-0.25, -0.2) is 0 Å². The van der Waals surface area contributed by atoms with Gasteiger partial charge in [-0.3, -0.25) is 9.59 Å². The molecule has 0 aromatic rings. The molecule has 0 radical (unpaired) electrons. The highest BCUT2D eigenvalue weighted by molar-refractivity contribution is 5.76. The number of allylic oxidation sites excluding steroid dienone is 3. The first-order valence-corrected chi connectivity index (χ1v) is 29.6. The zero-order valence-corrected chi connectivity index (χ0v) is 44.4. The van der Waals surface area contributed by atoms with Gasteiger partial charge in [0.25, 0.3) is 0 Å². The van der Waals surface area contributed by atoms with Crippen molar-refractivity contribution < 1.29 is 24.5 Å². The number of carbonyl (C=O) groups is 2. The van der Waals surface area contributed by atoms with E-state index in [1.54, 1.807) is 6.08 Å². The Labute approximate surface area is 411 Å². The fourth-order valence-corrected chi connectivity index (χ4v) is 9.16. The predicted molar refractivity (Wildman–Crippen MR) is 287 cm³/mol. The van der Waals surface area contributed by atoms with Crippen LogP contribution in [0.15, 0.2) is 24.3 Å². The quantitative estimate of drug-likeness (QED) is 0.0321. The molecule has 6 heteroatoms. The summed E-state index contributed by atoms with van der Waals surface area (Å²) in [5.41, 5.74) is 0. The number of unbranched alkanes of at least 4 members (excludes halogenated alkanes) is 42. The minimum Gasteiger partial charge on any atom is -0.466 e. The fourth-order valence-electron chi connectivity index (χ4n) is 9.16. The van der Waals surface area contributed by atoms with Crippen LogP contribution >= 0.6 is 0 Å². The Hall–Kier alpha value is -1.66. The van der Waals surface area contributed by atoms with Gasteiger partial charge in [0.2, 0.25) is 5.91 Å². The maximum absolute atomic E-state index is 12.5. The van der Waals surface area contributed by atoms with Gasteiger partial charge in [0.1, 0.15) is 0 Å². The van der Waals surface area contributed by atoms with Gasteiger partial charge in [-0.2, -0.15) is 0 Å². The fraction of sp³-hybridized carbons (Fsp3) is 0.900. The van der Waals surface area contributed by atoms with Gasteiger partial charge >= 0.3 is 5.97 Å². The number of hydrogen-bond donors (Lipinski definition) is 3. The summed E-state index contributed by atoms with van der Waals surface area (Å²) in [6, 6.07) is -0.648. The second-order valence-corrected chi connectivity index (χ2v) is 20.3. The van der Waals surface area contributed by atoms with Gasteiger partial charge in [0.05, 0.1) is 25.4 Å². The number of aliphatic hydroxyl groups is 2. The Morgan fingerprint density at radius 1 is 0.409 bits per heavy atom. The highest BCUT2D eigenvalue weighted by Gasteiger charge is 2.18. The van der Waals surface area contributed by atoms with Gasteiger partial charge in [-0.05, 0) is 57.8 Å². The van der Waals surface area contributed by atoms with Crippen molar-refractivity contribution in [3.8, 4) is 0 Å². The third kappa shape index (κ3) is 51.7. The Balaban J connectivity index is 3.49. The zero-order valence-electron chi connectivity index (χ0n) is 44.4. The molecular weight excluding hydrogens is 815 g/mol. The molecule has 0 aromatic carbocycles. The first-order valence-electron chi connectivity index (χ1n) is 29.6. The summed E-state index contributed by atoms with van der Waals surface area (Å²) >= 11 is 0. The lowest BCUT2D eigenvalue weighted by Gasteiger charge is -2.19. The molecule has 2 unspecified atom stereocenters. The van der Waals surface area contributed by atoms with Crippen LogP contribution in [0.4, 0.5) is 0 Å². The van der Waals surface area contributed by atoms with Gasteiger partial charge < -0.3 is 20.3 Å². The van der Waals surface area contributed by atoms with Crippen molar-refractivity contribution in [1.29, 1.82) is 0 Å². The van der Waals surface area contributed by atoms with E-state index in [4.69, 9.17) is 4.74 Å². The number of carbonyl (C=O) groups excluding carboxylic acids is 2. The number of amides is 1. The largest absolute Gasteiger partial charge is 0.466 e. The molecule has 0 saturated heterocycles. The molecule has 3 N–H and O–H groups in total. The number of rotatable bonds is 55. The van der Waals surface area contributed by atoms with Crippen LogP contribution in [-0.2, 0) is 14.3 Å². The third-order valence-electron chi connectivity index (χ3n) is 13.7. The monoisotopic (exact) mass is 930 g/mol. The van der Waals surface area contributed by atoms with Crippen LogP contribution in [0.25, 0.3) is 0 Å². The molecule has 390 valence electrons. The molecule has 0 spiro atoms. The van der Waals surface area contributed by atoms with Crippen LogP contribution < -0.4 is 5.32 Å². The molecule has 66 heavy (non-hydrogen) atoms. The Kier molecular flexibility index (Phi) is 54.5. The molecule has 6 nitrogen and oxygen atoms in total. The molecule has 0 fully saturated rings. The molecule has 0 aliphatic carbocycles. The van der Waals surface area contributed by atoms with Crippen molar-refractivity contribution in [2.75, 3.05) is 13.2 Å². The first kappa shape index (κ1) is 64.3. The van der Waals surface area contributed by atoms with E-state index in [-0.39, 0.29) is 18.5 Å². The number of aliphatic hydroxyl groups excluding tert-OH is 2. The lowest BCUT2D eigenvalue weighted by molar-refractivity contribution is -0.143. The molecule has 2 atom stereocenters. The third-order valence-corrected chi connectivity index (χ3v) is 13.7. The molecule has 0 rings (SSSR count). The highest BCUT2D eigenvalue weighted by Crippen LogP contribution is 2.17. The average molecular weight is 931 g/mol. The van der Waals surface area contributed by atoms with Crippen LogP contribution in [0.5, 0.6) is 0 Å². The standard InChI is InChI=1S/C60H115NO5/c1-3-5-7-9-11-13-15-17-19-21-22-24-26-30-34-38-42-46-50-54-60(65)66-55-51-47-43-39-35-31-27-29-33-37-41-45-49-53-59(64)61-57(56-62)58(63)52-48-44-40-36-32-28-25-23-20-18-16-14-12-10-8-6-4-2/h29,33,48,52,57-58,62-63H,3-28,30-32,34-47,49-51,53-56H2,1-2H3,(H,61,64)/b33-29-,52-48+. The van der Waals surface area contributed by atoms with Crippen molar-refractivity contribution in [3.63, 3.8) is 0 Å². The topological polar surface area (TPSA) is 95.9 Å². The van der Waals surface area contributed by atoms with Crippen LogP contribution in [0.2, 0.25) is 0 Å². The SMILES string of the molecule is CCCCCCCCCCCCCCCCC/C=C/C(O)C(CO)NC(=O)CCCCC/C=C\CCCCCCCCOC(=O)CCCCCCCCCCCCCCCCCCCCC. The molecule has 1 amide bonds. The van der Waals surface area contributed by atoms with Crippen LogP contribution in [0.1, 0.15) is 322 Å². The van der Waals surface area contributed by atoms with Crippen molar-refractivity contribution in [3.05, 3.63) is 24.3 Å². The van der Waals surface area contributed by atoms with Gasteiger partial charge in [0.15, 0.2) is 0 Å². The highest BCUT2D eigenvalue weighted by atomic mass is 16.5. The molecule has 0 aliphatic rings. The number of nitrogens with one attached hydrogen (secondary N) is 1. The van der Waals surface area contributed by atoms with E-state index >= 15 is 0 Å². The van der Waals surface area contributed by atoms with E-state index in [2.05, 4.69) is 31.3 Å². The maximum atomic E-state index is 12.5. The van der Waals surface area contributed by atoms with E-state index in [1.807, 2.05) is 6.08 Å². The second-order valence-electron chi connectivity index (χ2n) is 20.3. The molecule has 0 aromatic heterocycles.